The maximum atomic E-state index is 13.8. The van der Waals surface area contributed by atoms with Crippen LogP contribution in [0.25, 0.3) is 0 Å². The molecule has 0 N–H and O–H groups in total. The molecule has 0 aromatic heterocycles. The average Bonchev–Trinajstić information content (AvgIpc) is 3.14. The second-order valence-electron chi connectivity index (χ2n) is 6.72. The van der Waals surface area contributed by atoms with Gasteiger partial charge in [-0.1, -0.05) is 54.1 Å². The summed E-state index contributed by atoms with van der Waals surface area (Å²) in [6.07, 6.45) is 0.257. The van der Waals surface area contributed by atoms with Gasteiger partial charge in [-0.15, -0.1) is 0 Å². The minimum atomic E-state index is -0.486. The fourth-order valence-electron chi connectivity index (χ4n) is 3.74. The molecule has 5 heteroatoms. The summed E-state index contributed by atoms with van der Waals surface area (Å²) in [6.45, 7) is 0. The summed E-state index contributed by atoms with van der Waals surface area (Å²) in [5.41, 5.74) is 3.80. The molecule has 0 saturated heterocycles. The highest BCUT2D eigenvalue weighted by Gasteiger charge is 2.41. The molecule has 27 heavy (non-hydrogen) atoms. The zero-order valence-corrected chi connectivity index (χ0v) is 15.1. The third-order valence-electron chi connectivity index (χ3n) is 4.99. The van der Waals surface area contributed by atoms with Crippen molar-refractivity contribution < 1.29 is 9.13 Å². The monoisotopic (exact) mass is 378 g/mol. The quantitative estimate of drug-likeness (QED) is 0.569. The Balaban J connectivity index is 1.62. The number of nitrogens with zero attached hydrogens (tertiary/aromatic N) is 2. The van der Waals surface area contributed by atoms with Crippen molar-refractivity contribution in [2.45, 2.75) is 18.7 Å². The third-order valence-corrected chi connectivity index (χ3v) is 5.23. The fraction of sp³-hybridized carbons (Fsp3) is 0.136. The summed E-state index contributed by atoms with van der Waals surface area (Å²) in [5.74, 6) is 0.473. The van der Waals surface area contributed by atoms with Crippen molar-refractivity contribution in [1.82, 2.24) is 5.01 Å². The van der Waals surface area contributed by atoms with Crippen molar-refractivity contribution in [2.24, 2.45) is 5.10 Å². The lowest BCUT2D eigenvalue weighted by atomic mass is 9.96. The summed E-state index contributed by atoms with van der Waals surface area (Å²) in [7, 11) is 0. The van der Waals surface area contributed by atoms with Crippen LogP contribution >= 0.6 is 11.6 Å². The first-order chi connectivity index (χ1) is 13.2. The predicted molar refractivity (Wildman–Crippen MR) is 103 cm³/mol. The molecule has 0 amide bonds. The molecular weight excluding hydrogens is 363 g/mol. The lowest BCUT2D eigenvalue weighted by molar-refractivity contribution is -0.0192. The summed E-state index contributed by atoms with van der Waals surface area (Å²) in [5, 5.41) is 7.44. The van der Waals surface area contributed by atoms with E-state index in [1.807, 2.05) is 59.6 Å². The smallest absolute Gasteiger partial charge is 0.213 e. The van der Waals surface area contributed by atoms with Gasteiger partial charge in [0.1, 0.15) is 11.6 Å². The van der Waals surface area contributed by atoms with Gasteiger partial charge in [-0.2, -0.15) is 5.10 Å². The Labute approximate surface area is 161 Å². The standard InChI is InChI=1S/C22H16ClFN2O/c23-16-9-10-21-18(12-16)20-13-19(14-5-2-1-3-6-14)25-26(20)22(27-21)15-7-4-8-17(24)11-15/h1-12,20,22H,13H2/t20-,22-/m1/s1. The minimum Gasteiger partial charge on any atom is -0.464 e. The van der Waals surface area contributed by atoms with E-state index in [4.69, 9.17) is 21.4 Å². The molecule has 3 aromatic rings. The van der Waals surface area contributed by atoms with E-state index in [1.165, 1.54) is 12.1 Å². The van der Waals surface area contributed by atoms with E-state index >= 15 is 0 Å². The Kier molecular flexibility index (Phi) is 3.87. The van der Waals surface area contributed by atoms with Crippen LogP contribution in [0.15, 0.2) is 77.9 Å². The van der Waals surface area contributed by atoms with E-state index in [1.54, 1.807) is 6.07 Å². The van der Waals surface area contributed by atoms with Crippen molar-refractivity contribution in [3.63, 3.8) is 0 Å². The molecule has 2 atom stereocenters. The van der Waals surface area contributed by atoms with Gasteiger partial charge < -0.3 is 4.74 Å². The lowest BCUT2D eigenvalue weighted by Crippen LogP contribution is -2.33. The molecule has 0 fully saturated rings. The van der Waals surface area contributed by atoms with Crippen LogP contribution in [0.5, 0.6) is 5.75 Å². The molecule has 3 aromatic carbocycles. The molecule has 0 unspecified atom stereocenters. The molecule has 0 saturated carbocycles. The second-order valence-corrected chi connectivity index (χ2v) is 7.16. The maximum Gasteiger partial charge on any atom is 0.213 e. The zero-order chi connectivity index (χ0) is 18.4. The molecular formula is C22H16ClFN2O. The van der Waals surface area contributed by atoms with E-state index in [-0.39, 0.29) is 11.9 Å². The lowest BCUT2D eigenvalue weighted by Gasteiger charge is -2.38. The van der Waals surface area contributed by atoms with Crippen molar-refractivity contribution in [2.75, 3.05) is 0 Å². The van der Waals surface area contributed by atoms with Crippen LogP contribution in [0.2, 0.25) is 5.02 Å². The van der Waals surface area contributed by atoms with Gasteiger partial charge in [-0.05, 0) is 35.9 Å². The highest BCUT2D eigenvalue weighted by Crippen LogP contribution is 2.48. The van der Waals surface area contributed by atoms with Crippen molar-refractivity contribution in [1.29, 1.82) is 0 Å². The topological polar surface area (TPSA) is 24.8 Å². The Hall–Kier alpha value is -2.85. The first-order valence-electron chi connectivity index (χ1n) is 8.82. The number of rotatable bonds is 2. The van der Waals surface area contributed by atoms with Crippen molar-refractivity contribution >= 4 is 17.3 Å². The van der Waals surface area contributed by atoms with E-state index < -0.39 is 6.23 Å². The van der Waals surface area contributed by atoms with Crippen LogP contribution in [0.1, 0.15) is 35.4 Å². The van der Waals surface area contributed by atoms with E-state index in [0.29, 0.717) is 5.02 Å². The molecule has 0 bridgehead atoms. The molecule has 2 aliphatic rings. The maximum absolute atomic E-state index is 13.8. The SMILES string of the molecule is Fc1cccc([C@H]2Oc3ccc(Cl)cc3[C@H]3CC(c4ccccc4)=NN32)c1. The van der Waals surface area contributed by atoms with Gasteiger partial charge in [0.15, 0.2) is 0 Å². The second kappa shape index (κ2) is 6.39. The van der Waals surface area contributed by atoms with E-state index in [2.05, 4.69) is 0 Å². The van der Waals surface area contributed by atoms with Crippen molar-refractivity contribution in [3.8, 4) is 5.75 Å². The van der Waals surface area contributed by atoms with Gasteiger partial charge in [0.05, 0.1) is 11.8 Å². The fourth-order valence-corrected chi connectivity index (χ4v) is 3.92. The van der Waals surface area contributed by atoms with E-state index in [9.17, 15) is 4.39 Å². The highest BCUT2D eigenvalue weighted by atomic mass is 35.5. The number of hydrogen-bond acceptors (Lipinski definition) is 3. The van der Waals surface area contributed by atoms with Crippen LogP contribution in [0.3, 0.4) is 0 Å². The van der Waals surface area contributed by atoms with E-state index in [0.717, 1.165) is 34.6 Å². The van der Waals surface area contributed by atoms with Gasteiger partial charge >= 0.3 is 0 Å². The molecule has 0 spiro atoms. The van der Waals surface area contributed by atoms with Gasteiger partial charge in [0.25, 0.3) is 0 Å². The summed E-state index contributed by atoms with van der Waals surface area (Å²) in [6, 6.07) is 22.2. The van der Waals surface area contributed by atoms with Crippen LogP contribution in [-0.4, -0.2) is 10.7 Å². The molecule has 5 rings (SSSR count). The molecule has 3 nitrogen and oxygen atoms in total. The van der Waals surface area contributed by atoms with Gasteiger partial charge in [-0.3, -0.25) is 0 Å². The minimum absolute atomic E-state index is 0.00377. The van der Waals surface area contributed by atoms with Gasteiger partial charge in [0, 0.05) is 22.6 Å². The number of ether oxygens (including phenoxy) is 1. The largest absolute Gasteiger partial charge is 0.464 e. The van der Waals surface area contributed by atoms with Crippen LogP contribution in [0, 0.1) is 5.82 Å². The first kappa shape index (κ1) is 16.3. The average molecular weight is 379 g/mol. The summed E-state index contributed by atoms with van der Waals surface area (Å²) >= 11 is 6.23. The Morgan fingerprint density at radius 1 is 1.00 bits per heavy atom. The van der Waals surface area contributed by atoms with Crippen LogP contribution in [0.4, 0.5) is 4.39 Å². The Morgan fingerprint density at radius 3 is 2.67 bits per heavy atom. The number of benzene rings is 3. The summed E-state index contributed by atoms with van der Waals surface area (Å²) < 4.78 is 20.0. The number of hydrogen-bond donors (Lipinski definition) is 0. The predicted octanol–water partition coefficient (Wildman–Crippen LogP) is 5.72. The number of hydrazone groups is 1. The third kappa shape index (κ3) is 2.86. The van der Waals surface area contributed by atoms with Crippen molar-refractivity contribution in [3.05, 3.63) is 100 Å². The highest BCUT2D eigenvalue weighted by molar-refractivity contribution is 6.30. The van der Waals surface area contributed by atoms with Gasteiger partial charge in [-0.25, -0.2) is 9.40 Å². The van der Waals surface area contributed by atoms with Gasteiger partial charge in [0.2, 0.25) is 6.23 Å². The van der Waals surface area contributed by atoms with Crippen LogP contribution < -0.4 is 4.74 Å². The number of halogens is 2. The Bertz CT molecular complexity index is 1040. The molecule has 0 aliphatic carbocycles. The normalized spacial score (nSPS) is 20.5. The summed E-state index contributed by atoms with van der Waals surface area (Å²) in [4.78, 5) is 0. The molecule has 2 heterocycles. The zero-order valence-electron chi connectivity index (χ0n) is 14.3. The number of fused-ring (bicyclic) bond motifs is 3. The van der Waals surface area contributed by atoms with Crippen LogP contribution in [-0.2, 0) is 0 Å². The Morgan fingerprint density at radius 2 is 1.85 bits per heavy atom. The molecule has 134 valence electrons. The first-order valence-corrected chi connectivity index (χ1v) is 9.19. The molecule has 0 radical (unpaired) electrons. The molecule has 2 aliphatic heterocycles.